The van der Waals surface area contributed by atoms with Crippen molar-refractivity contribution >= 4 is 35.0 Å². The van der Waals surface area contributed by atoms with Gasteiger partial charge in [0.25, 0.3) is 5.91 Å². The van der Waals surface area contributed by atoms with Gasteiger partial charge in [-0.2, -0.15) is 4.98 Å². The fourth-order valence-electron chi connectivity index (χ4n) is 4.49. The Balaban J connectivity index is 1.58. The first-order chi connectivity index (χ1) is 16.8. The summed E-state index contributed by atoms with van der Waals surface area (Å²) in [6, 6.07) is 5.66. The van der Waals surface area contributed by atoms with E-state index in [1.165, 1.54) is 0 Å². The summed E-state index contributed by atoms with van der Waals surface area (Å²) < 4.78 is 5.84. The zero-order valence-electron chi connectivity index (χ0n) is 21.2. The summed E-state index contributed by atoms with van der Waals surface area (Å²) in [5.41, 5.74) is 1.89. The van der Waals surface area contributed by atoms with Crippen LogP contribution in [0.15, 0.2) is 24.4 Å². The molecule has 35 heavy (non-hydrogen) atoms. The molecule has 10 heteroatoms. The maximum Gasteiger partial charge on any atom is 0.251 e. The van der Waals surface area contributed by atoms with Gasteiger partial charge in [0.2, 0.25) is 11.9 Å². The van der Waals surface area contributed by atoms with Crippen molar-refractivity contribution < 1.29 is 14.3 Å². The van der Waals surface area contributed by atoms with Gasteiger partial charge in [-0.3, -0.25) is 9.59 Å². The molecule has 0 unspecified atom stereocenters. The van der Waals surface area contributed by atoms with E-state index >= 15 is 0 Å². The molecule has 1 fully saturated rings. The molecule has 2 amide bonds. The largest absolute Gasteiger partial charge is 0.492 e. The van der Waals surface area contributed by atoms with E-state index in [9.17, 15) is 9.59 Å². The van der Waals surface area contributed by atoms with Gasteiger partial charge in [0.1, 0.15) is 11.4 Å². The van der Waals surface area contributed by atoms with Gasteiger partial charge in [-0.15, -0.1) is 0 Å². The van der Waals surface area contributed by atoms with Crippen LogP contribution < -0.4 is 25.2 Å². The normalized spacial score (nSPS) is 18.5. The number of nitrogens with one attached hydrogen (secondary N) is 2. The number of aromatic nitrogens is 2. The van der Waals surface area contributed by atoms with Crippen molar-refractivity contribution in [2.24, 2.45) is 0 Å². The maximum absolute atomic E-state index is 12.8. The molecule has 0 spiro atoms. The van der Waals surface area contributed by atoms with Crippen molar-refractivity contribution in [1.82, 2.24) is 20.2 Å². The summed E-state index contributed by atoms with van der Waals surface area (Å²) in [5, 5.41) is 6.35. The molecule has 2 aliphatic heterocycles. The summed E-state index contributed by atoms with van der Waals surface area (Å²) in [7, 11) is 3.81. The van der Waals surface area contributed by atoms with Crippen molar-refractivity contribution in [2.45, 2.75) is 45.7 Å². The van der Waals surface area contributed by atoms with Crippen molar-refractivity contribution in [1.29, 1.82) is 0 Å². The molecule has 3 heterocycles. The Kier molecular flexibility index (Phi) is 7.39. The molecule has 0 aliphatic carbocycles. The predicted molar refractivity (Wildman–Crippen MR) is 137 cm³/mol. The summed E-state index contributed by atoms with van der Waals surface area (Å²) >= 11 is 0. The number of nitrogens with zero attached hydrogens (tertiary/aromatic N) is 5. The number of amides is 2. The maximum atomic E-state index is 12.8. The van der Waals surface area contributed by atoms with Gasteiger partial charge in [0.05, 0.1) is 18.5 Å². The molecule has 0 saturated carbocycles. The molecule has 1 aromatic heterocycles. The topological polar surface area (TPSA) is 103 Å². The predicted octanol–water partition coefficient (Wildman–Crippen LogP) is 2.63. The lowest BCUT2D eigenvalue weighted by atomic mass is 10.1. The van der Waals surface area contributed by atoms with Crippen LogP contribution >= 0.6 is 0 Å². The zero-order chi connectivity index (χ0) is 25.1. The SMILES string of the molecule is CCOc1cc(C(=O)N[C@@H]2CCN(C)C2)ccc1Nc1ncc2c(n1)N(C(C)C)CCC(=O)N2C. The number of ether oxygens (including phenoxy) is 1. The average Bonchev–Trinajstić information content (AvgIpc) is 3.18. The molecule has 1 atom stereocenters. The Hall–Kier alpha value is -3.40. The van der Waals surface area contributed by atoms with Crippen LogP contribution in [0.3, 0.4) is 0 Å². The van der Waals surface area contributed by atoms with Crippen LogP contribution in [-0.2, 0) is 4.79 Å². The van der Waals surface area contributed by atoms with Crippen LogP contribution in [0.1, 0.15) is 44.0 Å². The summed E-state index contributed by atoms with van der Waals surface area (Å²) in [6.45, 7) is 8.94. The zero-order valence-corrected chi connectivity index (χ0v) is 21.2. The molecule has 2 aliphatic rings. The van der Waals surface area contributed by atoms with Crippen LogP contribution in [0.2, 0.25) is 0 Å². The fraction of sp³-hybridized carbons (Fsp3) is 0.520. The highest BCUT2D eigenvalue weighted by Crippen LogP contribution is 2.34. The summed E-state index contributed by atoms with van der Waals surface area (Å²) in [4.78, 5) is 40.4. The van der Waals surface area contributed by atoms with Crippen molar-refractivity contribution in [3.05, 3.63) is 30.0 Å². The first kappa shape index (κ1) is 24.7. The molecule has 4 rings (SSSR count). The van der Waals surface area contributed by atoms with Crippen LogP contribution in [0.4, 0.5) is 23.1 Å². The minimum absolute atomic E-state index is 0.0375. The number of likely N-dealkylation sites (N-methyl/N-ethyl adjacent to an activating group) is 1. The lowest BCUT2D eigenvalue weighted by Crippen LogP contribution is -2.36. The number of benzene rings is 1. The second-order valence-corrected chi connectivity index (χ2v) is 9.38. The Morgan fingerprint density at radius 3 is 2.74 bits per heavy atom. The second-order valence-electron chi connectivity index (χ2n) is 9.38. The number of carbonyl (C=O) groups is 2. The highest BCUT2D eigenvalue weighted by atomic mass is 16.5. The molecule has 10 nitrogen and oxygen atoms in total. The molecule has 1 saturated heterocycles. The number of rotatable bonds is 7. The van der Waals surface area contributed by atoms with Gasteiger partial charge in [-0.1, -0.05) is 0 Å². The van der Waals surface area contributed by atoms with Gasteiger partial charge >= 0.3 is 0 Å². The average molecular weight is 482 g/mol. The minimum Gasteiger partial charge on any atom is -0.492 e. The third-order valence-corrected chi connectivity index (χ3v) is 6.46. The number of carbonyl (C=O) groups excluding carboxylic acids is 2. The first-order valence-corrected chi connectivity index (χ1v) is 12.2. The quantitative estimate of drug-likeness (QED) is 0.622. The number of fused-ring (bicyclic) bond motifs is 1. The Morgan fingerprint density at radius 1 is 1.26 bits per heavy atom. The van der Waals surface area contributed by atoms with Gasteiger partial charge < -0.3 is 30.1 Å². The lowest BCUT2D eigenvalue weighted by molar-refractivity contribution is -0.118. The van der Waals surface area contributed by atoms with Crippen LogP contribution in [0.5, 0.6) is 5.75 Å². The van der Waals surface area contributed by atoms with E-state index in [-0.39, 0.29) is 23.9 Å². The molecule has 188 valence electrons. The van der Waals surface area contributed by atoms with Crippen molar-refractivity contribution in [3.63, 3.8) is 0 Å². The van der Waals surface area contributed by atoms with E-state index in [0.29, 0.717) is 54.0 Å². The smallest absolute Gasteiger partial charge is 0.251 e. The van der Waals surface area contributed by atoms with Gasteiger partial charge in [-0.05, 0) is 59.0 Å². The van der Waals surface area contributed by atoms with Gasteiger partial charge in [0.15, 0.2) is 5.82 Å². The third-order valence-electron chi connectivity index (χ3n) is 6.46. The van der Waals surface area contributed by atoms with Crippen LogP contribution in [-0.4, -0.2) is 79.1 Å². The molecule has 0 bridgehead atoms. The number of hydrogen-bond donors (Lipinski definition) is 2. The summed E-state index contributed by atoms with van der Waals surface area (Å²) in [6.07, 6.45) is 3.04. The molecule has 1 aromatic carbocycles. The number of hydrogen-bond acceptors (Lipinski definition) is 8. The van der Waals surface area contributed by atoms with E-state index < -0.39 is 0 Å². The van der Waals surface area contributed by atoms with Crippen molar-refractivity contribution in [2.75, 3.05) is 55.5 Å². The highest BCUT2D eigenvalue weighted by molar-refractivity contribution is 5.97. The molecular weight excluding hydrogens is 446 g/mol. The van der Waals surface area contributed by atoms with Crippen LogP contribution in [0.25, 0.3) is 0 Å². The monoisotopic (exact) mass is 481 g/mol. The van der Waals surface area contributed by atoms with E-state index in [1.54, 1.807) is 30.3 Å². The second kappa shape index (κ2) is 10.5. The van der Waals surface area contributed by atoms with E-state index in [2.05, 4.69) is 46.3 Å². The molecule has 2 N–H and O–H groups in total. The standard InChI is InChI=1S/C25H35N7O3/c1-6-35-21-13-17(24(34)27-18-9-11-30(4)15-18)7-8-19(21)28-25-26-14-20-23(29-25)32(16(2)3)12-10-22(33)31(20)5/h7-8,13-14,16,18H,6,9-12,15H2,1-5H3,(H,27,34)(H,26,28,29)/t18-/m1/s1. The first-order valence-electron chi connectivity index (χ1n) is 12.2. The minimum atomic E-state index is -0.112. The Labute approximate surface area is 206 Å². The molecule has 2 aromatic rings. The Bertz CT molecular complexity index is 1090. The third kappa shape index (κ3) is 5.48. The molecule has 0 radical (unpaired) electrons. The molecular formula is C25H35N7O3. The summed E-state index contributed by atoms with van der Waals surface area (Å²) in [5.74, 6) is 1.58. The highest BCUT2D eigenvalue weighted by Gasteiger charge is 2.27. The van der Waals surface area contributed by atoms with E-state index in [1.807, 2.05) is 13.0 Å². The van der Waals surface area contributed by atoms with E-state index in [4.69, 9.17) is 9.72 Å². The number of anilines is 4. The van der Waals surface area contributed by atoms with Crippen LogP contribution in [0, 0.1) is 0 Å². The number of likely N-dealkylation sites (tertiary alicyclic amines) is 1. The Morgan fingerprint density at radius 2 is 2.06 bits per heavy atom. The van der Waals surface area contributed by atoms with Gasteiger partial charge in [-0.25, -0.2) is 4.98 Å². The fourth-order valence-corrected chi connectivity index (χ4v) is 4.49. The van der Waals surface area contributed by atoms with Gasteiger partial charge in [0, 0.05) is 44.2 Å². The van der Waals surface area contributed by atoms with E-state index in [0.717, 1.165) is 19.5 Å². The lowest BCUT2D eigenvalue weighted by Gasteiger charge is -2.28. The van der Waals surface area contributed by atoms with Crippen molar-refractivity contribution in [3.8, 4) is 5.75 Å².